The van der Waals surface area contributed by atoms with Crippen LogP contribution in [-0.4, -0.2) is 22.1 Å². The summed E-state index contributed by atoms with van der Waals surface area (Å²) in [6.45, 7) is -3.11. The molecule has 0 saturated heterocycles. The Hall–Kier alpha value is -2.19. The normalized spacial score (nSPS) is 17.0. The van der Waals surface area contributed by atoms with Gasteiger partial charge in [-0.15, -0.1) is 0 Å². The molecule has 0 aromatic heterocycles. The van der Waals surface area contributed by atoms with E-state index < -0.39 is 22.7 Å². The van der Waals surface area contributed by atoms with Gasteiger partial charge < -0.3 is 9.47 Å². The summed E-state index contributed by atoms with van der Waals surface area (Å²) in [5.74, 6) is 0.257. The smallest absolute Gasteiger partial charge is 0.387 e. The summed E-state index contributed by atoms with van der Waals surface area (Å²) in [6.07, 6.45) is 2.28. The Morgan fingerprint density at radius 3 is 2.69 bits per heavy atom. The second-order valence-electron chi connectivity index (χ2n) is 5.96. The van der Waals surface area contributed by atoms with E-state index >= 15 is 0 Å². The summed E-state index contributed by atoms with van der Waals surface area (Å²) in [6, 6.07) is 10.5. The number of alkyl halides is 2. The first-order chi connectivity index (χ1) is 12.4. The molecule has 8 heteroatoms. The van der Waals surface area contributed by atoms with E-state index in [-0.39, 0.29) is 10.6 Å². The summed E-state index contributed by atoms with van der Waals surface area (Å²) < 4.78 is 63.0. The first-order valence-electron chi connectivity index (χ1n) is 8.13. The van der Waals surface area contributed by atoms with Gasteiger partial charge in [-0.1, -0.05) is 18.2 Å². The fourth-order valence-electron chi connectivity index (χ4n) is 3.14. The molecule has 2 aromatic rings. The Kier molecular flexibility index (Phi) is 5.43. The molecule has 0 fully saturated rings. The van der Waals surface area contributed by atoms with Crippen molar-refractivity contribution >= 4 is 10.0 Å². The zero-order chi connectivity index (χ0) is 18.7. The van der Waals surface area contributed by atoms with Crippen LogP contribution in [0.4, 0.5) is 8.78 Å². The highest BCUT2D eigenvalue weighted by Crippen LogP contribution is 2.34. The monoisotopic (exact) mass is 383 g/mol. The number of hydrogen-bond acceptors (Lipinski definition) is 4. The lowest BCUT2D eigenvalue weighted by atomic mass is 9.88. The van der Waals surface area contributed by atoms with E-state index in [2.05, 4.69) is 9.46 Å². The minimum absolute atomic E-state index is 0.310. The molecule has 0 saturated carbocycles. The Bertz CT molecular complexity index is 887. The maximum Gasteiger partial charge on any atom is 0.387 e. The van der Waals surface area contributed by atoms with Crippen LogP contribution in [0.15, 0.2) is 47.4 Å². The number of fused-ring (bicyclic) bond motifs is 1. The van der Waals surface area contributed by atoms with Crippen molar-refractivity contribution in [1.29, 1.82) is 0 Å². The third-order valence-electron chi connectivity index (χ3n) is 4.32. The molecule has 1 N–H and O–H groups in total. The number of rotatable bonds is 6. The predicted molar refractivity (Wildman–Crippen MR) is 92.1 cm³/mol. The average molecular weight is 383 g/mol. The van der Waals surface area contributed by atoms with E-state index in [9.17, 15) is 17.2 Å². The van der Waals surface area contributed by atoms with E-state index in [1.165, 1.54) is 24.3 Å². The minimum Gasteiger partial charge on any atom is -0.497 e. The van der Waals surface area contributed by atoms with E-state index in [0.717, 1.165) is 24.0 Å². The van der Waals surface area contributed by atoms with Crippen molar-refractivity contribution < 1.29 is 26.7 Å². The fraction of sp³-hybridized carbons (Fsp3) is 0.333. The summed E-state index contributed by atoms with van der Waals surface area (Å²) in [5, 5.41) is 0. The summed E-state index contributed by atoms with van der Waals surface area (Å²) in [5.41, 5.74) is 1.88. The third kappa shape index (κ3) is 3.96. The van der Waals surface area contributed by atoms with Crippen LogP contribution in [-0.2, 0) is 16.4 Å². The van der Waals surface area contributed by atoms with Crippen LogP contribution in [0, 0.1) is 0 Å². The predicted octanol–water partition coefficient (Wildman–Crippen LogP) is 3.65. The lowest BCUT2D eigenvalue weighted by molar-refractivity contribution is -0.0517. The highest BCUT2D eigenvalue weighted by molar-refractivity contribution is 7.89. The van der Waals surface area contributed by atoms with Crippen LogP contribution in [0.25, 0.3) is 0 Å². The second-order valence-corrected chi connectivity index (χ2v) is 7.64. The zero-order valence-corrected chi connectivity index (χ0v) is 14.9. The molecule has 5 nitrogen and oxygen atoms in total. The minimum atomic E-state index is -4.05. The number of ether oxygens (including phenoxy) is 2. The molecule has 2 aromatic carbocycles. The molecule has 0 bridgehead atoms. The maximum absolute atomic E-state index is 12.8. The number of hydrogen-bond donors (Lipinski definition) is 1. The third-order valence-corrected chi connectivity index (χ3v) is 5.83. The zero-order valence-electron chi connectivity index (χ0n) is 14.1. The molecule has 0 spiro atoms. The van der Waals surface area contributed by atoms with E-state index in [1.807, 2.05) is 18.2 Å². The fourth-order valence-corrected chi connectivity index (χ4v) is 4.53. The number of methoxy groups -OCH3 is 1. The van der Waals surface area contributed by atoms with Crippen LogP contribution < -0.4 is 14.2 Å². The van der Waals surface area contributed by atoms with Crippen LogP contribution >= 0.6 is 0 Å². The molecule has 0 radical (unpaired) electrons. The first kappa shape index (κ1) is 18.6. The number of para-hydroxylation sites is 1. The molecule has 0 heterocycles. The van der Waals surface area contributed by atoms with Gasteiger partial charge in [0.1, 0.15) is 16.4 Å². The number of aryl methyl sites for hydroxylation is 1. The molecule has 1 aliphatic carbocycles. The van der Waals surface area contributed by atoms with Crippen LogP contribution in [0.5, 0.6) is 11.5 Å². The molecule has 3 rings (SSSR count). The maximum atomic E-state index is 12.8. The van der Waals surface area contributed by atoms with Gasteiger partial charge >= 0.3 is 6.61 Å². The van der Waals surface area contributed by atoms with Gasteiger partial charge in [0, 0.05) is 6.04 Å². The van der Waals surface area contributed by atoms with Crippen molar-refractivity contribution in [3.63, 3.8) is 0 Å². The quantitative estimate of drug-likeness (QED) is 0.827. The van der Waals surface area contributed by atoms with Gasteiger partial charge in [0.15, 0.2) is 0 Å². The SMILES string of the molecule is COc1ccc2c(c1)[C@H](NS(=O)(=O)c1ccccc1OC(F)F)CCC2. The van der Waals surface area contributed by atoms with Crippen LogP contribution in [0.2, 0.25) is 0 Å². The van der Waals surface area contributed by atoms with Crippen molar-refractivity contribution in [2.24, 2.45) is 0 Å². The van der Waals surface area contributed by atoms with Gasteiger partial charge in [0.05, 0.1) is 7.11 Å². The van der Waals surface area contributed by atoms with Gasteiger partial charge in [-0.2, -0.15) is 8.78 Å². The van der Waals surface area contributed by atoms with Crippen LogP contribution in [0.3, 0.4) is 0 Å². The van der Waals surface area contributed by atoms with Gasteiger partial charge in [0.2, 0.25) is 10.0 Å². The first-order valence-corrected chi connectivity index (χ1v) is 9.62. The van der Waals surface area contributed by atoms with Gasteiger partial charge in [-0.05, 0) is 54.7 Å². The van der Waals surface area contributed by atoms with Crippen molar-refractivity contribution in [3.05, 3.63) is 53.6 Å². The van der Waals surface area contributed by atoms with E-state index in [0.29, 0.717) is 12.2 Å². The highest BCUT2D eigenvalue weighted by atomic mass is 32.2. The summed E-state index contributed by atoms with van der Waals surface area (Å²) in [4.78, 5) is -0.310. The lowest BCUT2D eigenvalue weighted by Crippen LogP contribution is -2.31. The number of benzene rings is 2. The molecule has 1 aliphatic rings. The summed E-state index contributed by atoms with van der Waals surface area (Å²) >= 11 is 0. The van der Waals surface area contributed by atoms with Crippen molar-refractivity contribution in [2.75, 3.05) is 7.11 Å². The number of nitrogens with one attached hydrogen (secondary N) is 1. The Morgan fingerprint density at radius 2 is 1.96 bits per heavy atom. The van der Waals surface area contributed by atoms with Crippen molar-refractivity contribution in [1.82, 2.24) is 4.72 Å². The Labute approximate surface area is 151 Å². The second kappa shape index (κ2) is 7.59. The largest absolute Gasteiger partial charge is 0.497 e. The van der Waals surface area contributed by atoms with Crippen molar-refractivity contribution in [2.45, 2.75) is 36.8 Å². The van der Waals surface area contributed by atoms with Crippen LogP contribution in [0.1, 0.15) is 30.0 Å². The van der Waals surface area contributed by atoms with Crippen molar-refractivity contribution in [3.8, 4) is 11.5 Å². The van der Waals surface area contributed by atoms with E-state index in [1.54, 1.807) is 7.11 Å². The molecule has 1 atom stereocenters. The topological polar surface area (TPSA) is 64.6 Å². The molecule has 0 amide bonds. The number of halogens is 2. The Morgan fingerprint density at radius 1 is 1.19 bits per heavy atom. The highest BCUT2D eigenvalue weighted by Gasteiger charge is 2.28. The lowest BCUT2D eigenvalue weighted by Gasteiger charge is -2.27. The molecular formula is C18H19F2NO4S. The van der Waals surface area contributed by atoms with Gasteiger partial charge in [-0.25, -0.2) is 13.1 Å². The molecule has 140 valence electrons. The molecule has 0 unspecified atom stereocenters. The Balaban J connectivity index is 1.93. The van der Waals surface area contributed by atoms with Gasteiger partial charge in [-0.3, -0.25) is 0 Å². The summed E-state index contributed by atoms with van der Waals surface area (Å²) in [7, 11) is -2.50. The molecule has 26 heavy (non-hydrogen) atoms. The standard InChI is InChI=1S/C18H19F2NO4S/c1-24-13-10-9-12-5-4-6-15(14(12)11-13)21-26(22,23)17-8-3-2-7-16(17)25-18(19)20/h2-3,7-11,15,18,21H,4-6H2,1H3/t15-/m1/s1. The van der Waals surface area contributed by atoms with Gasteiger partial charge in [0.25, 0.3) is 0 Å². The molecular weight excluding hydrogens is 364 g/mol. The molecule has 0 aliphatic heterocycles. The average Bonchev–Trinajstić information content (AvgIpc) is 2.61. The number of sulfonamides is 1. The van der Waals surface area contributed by atoms with E-state index in [4.69, 9.17) is 4.74 Å².